The Balaban J connectivity index is 2.01. The van der Waals surface area contributed by atoms with Crippen molar-refractivity contribution in [3.8, 4) is 0 Å². The number of anilines is 1. The number of pyridine rings is 1. The predicted molar refractivity (Wildman–Crippen MR) is 92.7 cm³/mol. The minimum Gasteiger partial charge on any atom is -0.323 e. The fourth-order valence-corrected chi connectivity index (χ4v) is 2.68. The zero-order valence-corrected chi connectivity index (χ0v) is 13.5. The van der Waals surface area contributed by atoms with E-state index in [1.54, 1.807) is 42.7 Å². The van der Waals surface area contributed by atoms with Crippen molar-refractivity contribution < 1.29 is 4.79 Å². The van der Waals surface area contributed by atoms with E-state index in [-0.39, 0.29) is 17.4 Å². The van der Waals surface area contributed by atoms with Crippen molar-refractivity contribution in [1.82, 2.24) is 14.5 Å². The summed E-state index contributed by atoms with van der Waals surface area (Å²) in [7, 11) is 0. The average molecular weight is 322 g/mol. The molecule has 122 valence electrons. The highest BCUT2D eigenvalue weighted by Gasteiger charge is 2.26. The number of aromatic nitrogens is 3. The molecule has 0 saturated heterocycles. The second kappa shape index (κ2) is 6.62. The maximum Gasteiger partial charge on any atom is 0.261 e. The third-order valence-corrected chi connectivity index (χ3v) is 3.82. The summed E-state index contributed by atoms with van der Waals surface area (Å²) in [5.74, 6) is -0.348. The molecule has 1 amide bonds. The van der Waals surface area contributed by atoms with Crippen molar-refractivity contribution in [3.63, 3.8) is 0 Å². The number of para-hydroxylation sites is 1. The van der Waals surface area contributed by atoms with Crippen molar-refractivity contribution in [1.29, 1.82) is 0 Å². The molecule has 0 fully saturated rings. The number of nitrogens with one attached hydrogen (secondary N) is 1. The summed E-state index contributed by atoms with van der Waals surface area (Å²) in [5.41, 5.74) is 0.990. The number of carbonyl (C=O) groups is 1. The van der Waals surface area contributed by atoms with Crippen molar-refractivity contribution >= 4 is 22.5 Å². The Morgan fingerprint density at radius 1 is 1.17 bits per heavy atom. The summed E-state index contributed by atoms with van der Waals surface area (Å²) < 4.78 is 1.40. The molecule has 1 N–H and O–H groups in total. The van der Waals surface area contributed by atoms with Crippen LogP contribution in [0, 0.1) is 5.92 Å². The first-order chi connectivity index (χ1) is 11.6. The van der Waals surface area contributed by atoms with Crippen LogP contribution in [0.3, 0.4) is 0 Å². The van der Waals surface area contributed by atoms with Crippen LogP contribution in [-0.2, 0) is 4.79 Å². The fourth-order valence-electron chi connectivity index (χ4n) is 2.68. The number of carbonyl (C=O) groups excluding carboxylic acids is 1. The van der Waals surface area contributed by atoms with Gasteiger partial charge in [-0.3, -0.25) is 19.1 Å². The van der Waals surface area contributed by atoms with E-state index in [9.17, 15) is 9.59 Å². The number of fused-ring (bicyclic) bond motifs is 1. The topological polar surface area (TPSA) is 76.9 Å². The van der Waals surface area contributed by atoms with Crippen molar-refractivity contribution in [2.45, 2.75) is 19.9 Å². The number of amides is 1. The lowest BCUT2D eigenvalue weighted by molar-refractivity contribution is -0.120. The summed E-state index contributed by atoms with van der Waals surface area (Å²) in [6, 6.07) is 9.95. The van der Waals surface area contributed by atoms with Crippen LogP contribution < -0.4 is 10.9 Å². The van der Waals surface area contributed by atoms with Gasteiger partial charge in [-0.05, 0) is 30.2 Å². The Labute approximate surface area is 139 Å². The quantitative estimate of drug-likeness (QED) is 0.801. The Morgan fingerprint density at radius 2 is 1.96 bits per heavy atom. The zero-order valence-electron chi connectivity index (χ0n) is 13.5. The Bertz CT molecular complexity index is 919. The van der Waals surface area contributed by atoms with E-state index in [0.717, 1.165) is 0 Å². The van der Waals surface area contributed by atoms with Crippen LogP contribution in [0.25, 0.3) is 10.9 Å². The van der Waals surface area contributed by atoms with Crippen LogP contribution in [0.2, 0.25) is 0 Å². The summed E-state index contributed by atoms with van der Waals surface area (Å²) in [6.45, 7) is 3.80. The average Bonchev–Trinajstić information content (AvgIpc) is 2.58. The predicted octanol–water partition coefficient (Wildman–Crippen LogP) is 2.63. The van der Waals surface area contributed by atoms with E-state index >= 15 is 0 Å². The molecule has 0 bridgehead atoms. The minimum absolute atomic E-state index is 0.0812. The molecule has 6 nitrogen and oxygen atoms in total. The number of benzene rings is 1. The second-order valence-corrected chi connectivity index (χ2v) is 5.89. The monoisotopic (exact) mass is 322 g/mol. The van der Waals surface area contributed by atoms with Gasteiger partial charge in [0.05, 0.1) is 29.1 Å². The highest BCUT2D eigenvalue weighted by molar-refractivity contribution is 5.94. The number of hydrogen-bond donors (Lipinski definition) is 1. The smallest absolute Gasteiger partial charge is 0.261 e. The highest BCUT2D eigenvalue weighted by atomic mass is 16.2. The van der Waals surface area contributed by atoms with Crippen LogP contribution in [0.4, 0.5) is 5.69 Å². The molecule has 3 rings (SSSR count). The van der Waals surface area contributed by atoms with Gasteiger partial charge >= 0.3 is 0 Å². The van der Waals surface area contributed by atoms with Crippen LogP contribution in [0.5, 0.6) is 0 Å². The molecule has 2 aromatic heterocycles. The Hall–Kier alpha value is -3.02. The summed E-state index contributed by atoms with van der Waals surface area (Å²) in [4.78, 5) is 33.8. The van der Waals surface area contributed by atoms with Crippen LogP contribution in [0.15, 0.2) is 59.9 Å². The normalized spacial score (nSPS) is 12.3. The van der Waals surface area contributed by atoms with Gasteiger partial charge in [-0.1, -0.05) is 26.0 Å². The van der Waals surface area contributed by atoms with Gasteiger partial charge in [0, 0.05) is 6.20 Å². The first kappa shape index (κ1) is 15.9. The van der Waals surface area contributed by atoms with E-state index in [4.69, 9.17) is 0 Å². The summed E-state index contributed by atoms with van der Waals surface area (Å²) in [6.07, 6.45) is 4.64. The number of nitrogens with zero attached hydrogens (tertiary/aromatic N) is 3. The highest BCUT2D eigenvalue weighted by Crippen LogP contribution is 2.19. The van der Waals surface area contributed by atoms with E-state index in [1.807, 2.05) is 19.9 Å². The third-order valence-electron chi connectivity index (χ3n) is 3.82. The molecule has 0 saturated carbocycles. The van der Waals surface area contributed by atoms with E-state index in [1.165, 1.54) is 10.9 Å². The van der Waals surface area contributed by atoms with E-state index < -0.39 is 6.04 Å². The molecule has 3 aromatic rings. The van der Waals surface area contributed by atoms with Crippen LogP contribution >= 0.6 is 0 Å². The molecular weight excluding hydrogens is 304 g/mol. The van der Waals surface area contributed by atoms with Crippen LogP contribution in [-0.4, -0.2) is 20.4 Å². The van der Waals surface area contributed by atoms with Gasteiger partial charge in [0.2, 0.25) is 5.91 Å². The number of hydrogen-bond acceptors (Lipinski definition) is 4. The molecule has 0 radical (unpaired) electrons. The van der Waals surface area contributed by atoms with Crippen molar-refractivity contribution in [2.75, 3.05) is 5.32 Å². The Morgan fingerprint density at radius 3 is 2.67 bits per heavy atom. The molecule has 0 aliphatic heterocycles. The Kier molecular flexibility index (Phi) is 4.37. The van der Waals surface area contributed by atoms with Crippen molar-refractivity contribution in [3.05, 3.63) is 65.5 Å². The first-order valence-corrected chi connectivity index (χ1v) is 7.74. The lowest BCUT2D eigenvalue weighted by Crippen LogP contribution is -2.36. The molecule has 0 spiro atoms. The first-order valence-electron chi connectivity index (χ1n) is 7.74. The molecule has 0 unspecified atom stereocenters. The molecule has 0 aliphatic rings. The van der Waals surface area contributed by atoms with Gasteiger partial charge in [-0.25, -0.2) is 4.98 Å². The lowest BCUT2D eigenvalue weighted by atomic mass is 10.0. The lowest BCUT2D eigenvalue weighted by Gasteiger charge is -2.22. The molecule has 0 aliphatic carbocycles. The summed E-state index contributed by atoms with van der Waals surface area (Å²) >= 11 is 0. The van der Waals surface area contributed by atoms with Gasteiger partial charge in [0.1, 0.15) is 6.04 Å². The van der Waals surface area contributed by atoms with Gasteiger partial charge in [0.25, 0.3) is 5.56 Å². The second-order valence-electron chi connectivity index (χ2n) is 5.89. The molecule has 2 heterocycles. The third kappa shape index (κ3) is 3.03. The SMILES string of the molecule is CC(C)[C@@H](C(=O)Nc1cccnc1)n1cnc2ccccc2c1=O. The van der Waals surface area contributed by atoms with E-state index in [0.29, 0.717) is 16.6 Å². The molecular formula is C18H18N4O2. The van der Waals surface area contributed by atoms with E-state index in [2.05, 4.69) is 15.3 Å². The van der Waals surface area contributed by atoms with Gasteiger partial charge in [0.15, 0.2) is 0 Å². The standard InChI is InChI=1S/C18H18N4O2/c1-12(2)16(17(23)21-13-6-5-9-19-10-13)22-11-20-15-8-4-3-7-14(15)18(22)24/h3-12,16H,1-2H3,(H,21,23)/t16-/m0/s1. The number of rotatable bonds is 4. The molecule has 1 aromatic carbocycles. The molecule has 24 heavy (non-hydrogen) atoms. The van der Waals surface area contributed by atoms with Crippen molar-refractivity contribution in [2.24, 2.45) is 5.92 Å². The minimum atomic E-state index is -0.658. The zero-order chi connectivity index (χ0) is 17.1. The van der Waals surface area contributed by atoms with Crippen LogP contribution in [0.1, 0.15) is 19.9 Å². The van der Waals surface area contributed by atoms with Gasteiger partial charge in [-0.2, -0.15) is 0 Å². The van der Waals surface area contributed by atoms with Gasteiger partial charge in [-0.15, -0.1) is 0 Å². The fraction of sp³-hybridized carbons (Fsp3) is 0.222. The maximum absolute atomic E-state index is 12.8. The molecule has 1 atom stereocenters. The maximum atomic E-state index is 12.8. The summed E-state index contributed by atoms with van der Waals surface area (Å²) in [5, 5.41) is 3.31. The largest absolute Gasteiger partial charge is 0.323 e. The molecule has 6 heteroatoms. The van der Waals surface area contributed by atoms with Gasteiger partial charge < -0.3 is 5.32 Å².